The van der Waals surface area contributed by atoms with Gasteiger partial charge in [-0.25, -0.2) is 0 Å². The summed E-state index contributed by atoms with van der Waals surface area (Å²) in [6.07, 6.45) is 19.9. The number of rotatable bonds is 16. The fourth-order valence-corrected chi connectivity index (χ4v) is 3.54. The van der Waals surface area contributed by atoms with Crippen molar-refractivity contribution in [2.24, 2.45) is 23.7 Å². The molecule has 0 saturated carbocycles. The van der Waals surface area contributed by atoms with Crippen LogP contribution in [0.2, 0.25) is 0 Å². The Morgan fingerprint density at radius 3 is 2.00 bits per heavy atom. The van der Waals surface area contributed by atoms with Crippen LogP contribution < -0.4 is 0 Å². The Balaban J connectivity index is 3.70. The van der Waals surface area contributed by atoms with Crippen LogP contribution in [0, 0.1) is 23.7 Å². The number of allylic oxidation sites excluding steroid dienone is 3. The van der Waals surface area contributed by atoms with Crippen LogP contribution >= 0.6 is 0 Å². The summed E-state index contributed by atoms with van der Waals surface area (Å²) in [5.74, 6) is 3.41. The highest BCUT2D eigenvalue weighted by Crippen LogP contribution is 2.26. The van der Waals surface area contributed by atoms with E-state index in [0.717, 1.165) is 23.3 Å². The van der Waals surface area contributed by atoms with Gasteiger partial charge in [-0.3, -0.25) is 0 Å². The molecule has 0 aromatic carbocycles. The molecule has 148 valence electrons. The molecular weight excluding hydrogens is 300 g/mol. The monoisotopic (exact) mass is 348 g/mol. The minimum Gasteiger partial charge on any atom is -0.0961 e. The van der Waals surface area contributed by atoms with Crippen molar-refractivity contribution < 1.29 is 0 Å². The molecule has 0 fully saturated rings. The lowest BCUT2D eigenvalue weighted by Crippen LogP contribution is -2.10. The first kappa shape index (κ1) is 24.5. The first-order valence-electron chi connectivity index (χ1n) is 11.2. The van der Waals surface area contributed by atoms with Crippen molar-refractivity contribution >= 4 is 0 Å². The second kappa shape index (κ2) is 15.7. The molecule has 4 unspecified atom stereocenters. The van der Waals surface area contributed by atoms with Crippen molar-refractivity contribution in [1.82, 2.24) is 0 Å². The summed E-state index contributed by atoms with van der Waals surface area (Å²) in [7, 11) is 0. The van der Waals surface area contributed by atoms with E-state index in [-0.39, 0.29) is 0 Å². The van der Waals surface area contributed by atoms with Gasteiger partial charge in [-0.1, -0.05) is 123 Å². The van der Waals surface area contributed by atoms with Crippen molar-refractivity contribution in [2.45, 2.75) is 112 Å². The van der Waals surface area contributed by atoms with Crippen molar-refractivity contribution in [2.75, 3.05) is 0 Å². The summed E-state index contributed by atoms with van der Waals surface area (Å²) in [5, 5.41) is 0. The van der Waals surface area contributed by atoms with Crippen molar-refractivity contribution in [3.8, 4) is 0 Å². The SMILES string of the molecule is C=C(C)C=CC(C)CCCCCC(C)C(C)CCC(C)CCCCC. The van der Waals surface area contributed by atoms with Crippen LogP contribution in [0.3, 0.4) is 0 Å². The number of hydrogen-bond donors (Lipinski definition) is 0. The molecule has 0 heterocycles. The molecule has 0 radical (unpaired) electrons. The molecule has 25 heavy (non-hydrogen) atoms. The highest BCUT2D eigenvalue weighted by atomic mass is 14.2. The topological polar surface area (TPSA) is 0 Å². The van der Waals surface area contributed by atoms with Gasteiger partial charge >= 0.3 is 0 Å². The van der Waals surface area contributed by atoms with E-state index < -0.39 is 0 Å². The summed E-state index contributed by atoms with van der Waals surface area (Å²) >= 11 is 0. The largest absolute Gasteiger partial charge is 0.0961 e. The van der Waals surface area contributed by atoms with Crippen LogP contribution in [0.1, 0.15) is 112 Å². The standard InChI is InChI=1S/C25H48/c1-8-9-11-14-23(5)19-20-25(7)24(6)16-13-10-12-15-22(4)18-17-21(2)3/h17-18,22-25H,2,8-16,19-20H2,1,3-7H3. The Bertz CT molecular complexity index is 338. The Morgan fingerprint density at radius 1 is 0.760 bits per heavy atom. The van der Waals surface area contributed by atoms with E-state index in [1.54, 1.807) is 0 Å². The van der Waals surface area contributed by atoms with E-state index in [1.165, 1.54) is 70.6 Å². The summed E-state index contributed by atoms with van der Waals surface area (Å²) in [5.41, 5.74) is 1.16. The summed E-state index contributed by atoms with van der Waals surface area (Å²) in [6.45, 7) is 18.0. The summed E-state index contributed by atoms with van der Waals surface area (Å²) in [4.78, 5) is 0. The second-order valence-electron chi connectivity index (χ2n) is 8.95. The molecule has 0 heteroatoms. The van der Waals surface area contributed by atoms with Gasteiger partial charge in [0.15, 0.2) is 0 Å². The smallest absolute Gasteiger partial charge is 0.0259 e. The molecule has 0 N–H and O–H groups in total. The molecule has 0 amide bonds. The van der Waals surface area contributed by atoms with Crippen molar-refractivity contribution in [1.29, 1.82) is 0 Å². The minimum atomic E-state index is 0.697. The zero-order valence-corrected chi connectivity index (χ0v) is 18.4. The van der Waals surface area contributed by atoms with Crippen molar-refractivity contribution in [3.63, 3.8) is 0 Å². The second-order valence-corrected chi connectivity index (χ2v) is 8.95. The molecule has 0 aromatic heterocycles. The Labute approximate surface area is 160 Å². The van der Waals surface area contributed by atoms with E-state index in [1.807, 2.05) is 0 Å². The van der Waals surface area contributed by atoms with Gasteiger partial charge in [0.2, 0.25) is 0 Å². The van der Waals surface area contributed by atoms with Gasteiger partial charge in [0.25, 0.3) is 0 Å². The number of hydrogen-bond acceptors (Lipinski definition) is 0. The van der Waals surface area contributed by atoms with E-state index in [9.17, 15) is 0 Å². The highest BCUT2D eigenvalue weighted by molar-refractivity contribution is 5.11. The minimum absolute atomic E-state index is 0.697. The zero-order chi connectivity index (χ0) is 19.1. The fourth-order valence-electron chi connectivity index (χ4n) is 3.54. The quantitative estimate of drug-likeness (QED) is 0.193. The maximum absolute atomic E-state index is 3.93. The van der Waals surface area contributed by atoms with E-state index in [0.29, 0.717) is 5.92 Å². The summed E-state index contributed by atoms with van der Waals surface area (Å²) in [6, 6.07) is 0. The predicted molar refractivity (Wildman–Crippen MR) is 117 cm³/mol. The maximum Gasteiger partial charge on any atom is -0.0259 e. The molecule has 0 bridgehead atoms. The molecule has 0 nitrogen and oxygen atoms in total. The molecular formula is C25H48. The van der Waals surface area contributed by atoms with Gasteiger partial charge in [0, 0.05) is 0 Å². The molecule has 4 atom stereocenters. The van der Waals surface area contributed by atoms with Crippen LogP contribution in [0.5, 0.6) is 0 Å². The molecule has 0 aliphatic heterocycles. The lowest BCUT2D eigenvalue weighted by Gasteiger charge is -2.22. The third-order valence-electron chi connectivity index (χ3n) is 5.91. The molecule has 0 aliphatic rings. The normalized spacial score (nSPS) is 16.7. The first-order chi connectivity index (χ1) is 11.9. The lowest BCUT2D eigenvalue weighted by atomic mass is 9.84. The zero-order valence-electron chi connectivity index (χ0n) is 18.4. The van der Waals surface area contributed by atoms with Crippen LogP contribution in [-0.4, -0.2) is 0 Å². The third kappa shape index (κ3) is 15.5. The van der Waals surface area contributed by atoms with E-state index in [4.69, 9.17) is 0 Å². The molecule has 0 spiro atoms. The van der Waals surface area contributed by atoms with Gasteiger partial charge in [0.05, 0.1) is 0 Å². The van der Waals surface area contributed by atoms with Crippen molar-refractivity contribution in [3.05, 3.63) is 24.3 Å². The van der Waals surface area contributed by atoms with E-state index in [2.05, 4.69) is 60.3 Å². The van der Waals surface area contributed by atoms with Gasteiger partial charge in [-0.05, 0) is 37.0 Å². The maximum atomic E-state index is 3.93. The Morgan fingerprint density at radius 2 is 1.36 bits per heavy atom. The highest BCUT2D eigenvalue weighted by Gasteiger charge is 2.13. The molecule has 0 aliphatic carbocycles. The van der Waals surface area contributed by atoms with Crippen LogP contribution in [0.25, 0.3) is 0 Å². The van der Waals surface area contributed by atoms with Crippen LogP contribution in [-0.2, 0) is 0 Å². The Kier molecular flexibility index (Phi) is 15.4. The summed E-state index contributed by atoms with van der Waals surface area (Å²) < 4.78 is 0. The predicted octanol–water partition coefficient (Wildman–Crippen LogP) is 8.97. The number of unbranched alkanes of at least 4 members (excludes halogenated alkanes) is 4. The average Bonchev–Trinajstić information content (AvgIpc) is 2.57. The molecule has 0 aromatic rings. The van der Waals surface area contributed by atoms with Crippen LogP contribution in [0.4, 0.5) is 0 Å². The van der Waals surface area contributed by atoms with Crippen LogP contribution in [0.15, 0.2) is 24.3 Å². The van der Waals surface area contributed by atoms with E-state index >= 15 is 0 Å². The first-order valence-corrected chi connectivity index (χ1v) is 11.2. The lowest BCUT2D eigenvalue weighted by molar-refractivity contribution is 0.301. The van der Waals surface area contributed by atoms with Gasteiger partial charge in [0.1, 0.15) is 0 Å². The molecule has 0 rings (SSSR count). The fraction of sp³-hybridized carbons (Fsp3) is 0.840. The third-order valence-corrected chi connectivity index (χ3v) is 5.91. The average molecular weight is 349 g/mol. The molecule has 0 saturated heterocycles. The van der Waals surface area contributed by atoms with Gasteiger partial charge in [-0.2, -0.15) is 0 Å². The van der Waals surface area contributed by atoms with Gasteiger partial charge < -0.3 is 0 Å². The Hall–Kier alpha value is -0.520. The van der Waals surface area contributed by atoms with Gasteiger partial charge in [-0.15, -0.1) is 0 Å².